The third-order valence-electron chi connectivity index (χ3n) is 6.45. The maximum Gasteiger partial charge on any atom is 0.407 e. The van der Waals surface area contributed by atoms with Crippen LogP contribution in [0.4, 0.5) is 4.79 Å². The van der Waals surface area contributed by atoms with E-state index in [4.69, 9.17) is 9.84 Å². The van der Waals surface area contributed by atoms with Gasteiger partial charge in [0.05, 0.1) is 5.41 Å². The zero-order chi connectivity index (χ0) is 25.6. The average molecular weight is 481 g/mol. The number of hydrogen-bond donors (Lipinski definition) is 3. The highest BCUT2D eigenvalue weighted by Crippen LogP contribution is 2.44. The third-order valence-corrected chi connectivity index (χ3v) is 6.45. The number of alkyl carbamates (subject to hydrolysis) is 1. The molecule has 2 amide bonds. The van der Waals surface area contributed by atoms with Gasteiger partial charge in [-0.15, -0.1) is 0 Å². The van der Waals surface area contributed by atoms with Gasteiger partial charge in [0.15, 0.2) is 0 Å². The Kier molecular flexibility index (Phi) is 8.54. The van der Waals surface area contributed by atoms with E-state index >= 15 is 0 Å². The number of amides is 2. The van der Waals surface area contributed by atoms with Crippen molar-refractivity contribution >= 4 is 18.0 Å². The van der Waals surface area contributed by atoms with Gasteiger partial charge in [-0.3, -0.25) is 9.59 Å². The van der Waals surface area contributed by atoms with Crippen molar-refractivity contribution in [1.82, 2.24) is 10.6 Å². The lowest BCUT2D eigenvalue weighted by Gasteiger charge is -2.26. The van der Waals surface area contributed by atoms with E-state index in [1.807, 2.05) is 38.1 Å². The van der Waals surface area contributed by atoms with Gasteiger partial charge in [0.25, 0.3) is 0 Å². The molecule has 0 spiro atoms. The summed E-state index contributed by atoms with van der Waals surface area (Å²) in [5.74, 6) is -0.949. The molecule has 0 aliphatic heterocycles. The minimum absolute atomic E-state index is 0.0108. The Bertz CT molecular complexity index is 1020. The molecule has 0 saturated heterocycles. The van der Waals surface area contributed by atoms with Crippen molar-refractivity contribution in [3.05, 3.63) is 59.7 Å². The molecule has 7 nitrogen and oxygen atoms in total. The lowest BCUT2D eigenvalue weighted by Crippen LogP contribution is -2.46. The molecule has 3 N–H and O–H groups in total. The van der Waals surface area contributed by atoms with Gasteiger partial charge in [0.1, 0.15) is 6.61 Å². The summed E-state index contributed by atoms with van der Waals surface area (Å²) in [6.07, 6.45) is 0.151. The van der Waals surface area contributed by atoms with Crippen LogP contribution in [0.3, 0.4) is 0 Å². The van der Waals surface area contributed by atoms with Crippen molar-refractivity contribution < 1.29 is 24.2 Å². The van der Waals surface area contributed by atoms with E-state index < -0.39 is 17.5 Å². The Morgan fingerprint density at radius 2 is 1.54 bits per heavy atom. The summed E-state index contributed by atoms with van der Waals surface area (Å²) in [7, 11) is 0. The van der Waals surface area contributed by atoms with Crippen LogP contribution in [0.15, 0.2) is 48.5 Å². The van der Waals surface area contributed by atoms with Crippen LogP contribution >= 0.6 is 0 Å². The quantitative estimate of drug-likeness (QED) is 0.428. The summed E-state index contributed by atoms with van der Waals surface area (Å²) >= 11 is 0. The van der Waals surface area contributed by atoms with Gasteiger partial charge in [-0.1, -0.05) is 62.4 Å². The van der Waals surface area contributed by atoms with Crippen LogP contribution in [0.25, 0.3) is 11.1 Å². The van der Waals surface area contributed by atoms with E-state index in [1.165, 1.54) is 0 Å². The van der Waals surface area contributed by atoms with Crippen molar-refractivity contribution in [2.45, 2.75) is 46.5 Å². The van der Waals surface area contributed by atoms with E-state index in [-0.39, 0.29) is 43.9 Å². The van der Waals surface area contributed by atoms with Crippen LogP contribution < -0.4 is 10.6 Å². The van der Waals surface area contributed by atoms with Crippen LogP contribution in [-0.4, -0.2) is 42.8 Å². The summed E-state index contributed by atoms with van der Waals surface area (Å²) < 4.78 is 5.55. The first kappa shape index (κ1) is 26.3. The number of carboxylic acids is 1. The molecule has 1 atom stereocenters. The summed E-state index contributed by atoms with van der Waals surface area (Å²) in [6.45, 7) is 8.12. The predicted octanol–water partition coefficient (Wildman–Crippen LogP) is 4.80. The number of carboxylic acid groups (broad SMARTS) is 1. The second kappa shape index (κ2) is 11.4. The van der Waals surface area contributed by atoms with Crippen LogP contribution in [0, 0.1) is 17.3 Å². The molecule has 0 heterocycles. The Morgan fingerprint density at radius 1 is 0.971 bits per heavy atom. The van der Waals surface area contributed by atoms with Gasteiger partial charge < -0.3 is 20.5 Å². The van der Waals surface area contributed by atoms with E-state index in [0.29, 0.717) is 12.3 Å². The molecule has 35 heavy (non-hydrogen) atoms. The summed E-state index contributed by atoms with van der Waals surface area (Å²) in [6, 6.07) is 16.3. The molecule has 0 fully saturated rings. The third kappa shape index (κ3) is 6.84. The molecule has 0 saturated carbocycles. The van der Waals surface area contributed by atoms with Crippen molar-refractivity contribution in [2.75, 3.05) is 19.7 Å². The van der Waals surface area contributed by atoms with E-state index in [9.17, 15) is 14.4 Å². The number of fused-ring (bicyclic) bond motifs is 3. The van der Waals surface area contributed by atoms with Crippen LogP contribution in [0.5, 0.6) is 0 Å². The molecule has 7 heteroatoms. The molecule has 1 aliphatic carbocycles. The molecule has 0 bridgehead atoms. The summed E-state index contributed by atoms with van der Waals surface area (Å²) in [5.41, 5.74) is 3.72. The fraction of sp³-hybridized carbons (Fsp3) is 0.464. The first-order chi connectivity index (χ1) is 16.6. The van der Waals surface area contributed by atoms with Crippen molar-refractivity contribution in [2.24, 2.45) is 17.3 Å². The number of ether oxygens (including phenoxy) is 1. The number of benzene rings is 2. The van der Waals surface area contributed by atoms with Gasteiger partial charge in [-0.25, -0.2) is 4.79 Å². The van der Waals surface area contributed by atoms with Gasteiger partial charge in [-0.05, 0) is 54.4 Å². The first-order valence-electron chi connectivity index (χ1n) is 12.2. The number of aliphatic carboxylic acids is 1. The lowest BCUT2D eigenvalue weighted by atomic mass is 9.90. The van der Waals surface area contributed by atoms with Gasteiger partial charge in [0, 0.05) is 25.4 Å². The minimum Gasteiger partial charge on any atom is -0.481 e. The normalized spacial score (nSPS) is 13.6. The molecule has 0 unspecified atom stereocenters. The molecule has 0 aromatic heterocycles. The Balaban J connectivity index is 1.51. The first-order valence-corrected chi connectivity index (χ1v) is 12.2. The minimum atomic E-state index is -0.878. The van der Waals surface area contributed by atoms with Crippen LogP contribution in [0.2, 0.25) is 0 Å². The Hall–Kier alpha value is -3.35. The average Bonchev–Trinajstić information content (AvgIpc) is 3.12. The molecular weight excluding hydrogens is 444 g/mol. The van der Waals surface area contributed by atoms with Crippen molar-refractivity contribution in [3.8, 4) is 11.1 Å². The van der Waals surface area contributed by atoms with Crippen LogP contribution in [0.1, 0.15) is 57.6 Å². The topological polar surface area (TPSA) is 105 Å². The predicted molar refractivity (Wildman–Crippen MR) is 135 cm³/mol. The van der Waals surface area contributed by atoms with Crippen molar-refractivity contribution in [1.29, 1.82) is 0 Å². The monoisotopic (exact) mass is 480 g/mol. The van der Waals surface area contributed by atoms with Gasteiger partial charge in [0.2, 0.25) is 5.91 Å². The summed E-state index contributed by atoms with van der Waals surface area (Å²) in [4.78, 5) is 36.3. The zero-order valence-corrected chi connectivity index (χ0v) is 21.0. The molecule has 0 radical (unpaired) electrons. The van der Waals surface area contributed by atoms with Crippen LogP contribution in [-0.2, 0) is 14.3 Å². The molecular formula is C28H36N2O5. The Labute approximate surface area is 207 Å². The van der Waals surface area contributed by atoms with E-state index in [1.54, 1.807) is 13.8 Å². The largest absolute Gasteiger partial charge is 0.481 e. The molecule has 3 rings (SSSR count). The molecule has 2 aromatic carbocycles. The number of carbonyl (C=O) groups is 3. The highest BCUT2D eigenvalue weighted by Gasteiger charge is 2.31. The highest BCUT2D eigenvalue weighted by molar-refractivity contribution is 5.83. The fourth-order valence-corrected chi connectivity index (χ4v) is 4.65. The van der Waals surface area contributed by atoms with E-state index in [0.717, 1.165) is 22.3 Å². The SMILES string of the molecule is CC(C)C[C@H](CNC(=O)C(C)(C)CNC(=O)OCC1c2ccccc2-c2ccccc21)CC(=O)O. The summed E-state index contributed by atoms with van der Waals surface area (Å²) in [5, 5.41) is 14.7. The smallest absolute Gasteiger partial charge is 0.407 e. The zero-order valence-electron chi connectivity index (χ0n) is 21.0. The number of nitrogens with one attached hydrogen (secondary N) is 2. The standard InChI is InChI=1S/C28H36N2O5/c1-18(2)13-19(14-25(31)32)15-29-26(33)28(3,4)17-30-27(34)35-16-24-22-11-7-5-9-20(22)21-10-6-8-12-23(21)24/h5-12,18-19,24H,13-17H2,1-4H3,(H,29,33)(H,30,34)(H,31,32)/t19-/m0/s1. The number of hydrogen-bond acceptors (Lipinski definition) is 4. The molecule has 2 aromatic rings. The second-order valence-corrected chi connectivity index (χ2v) is 10.4. The highest BCUT2D eigenvalue weighted by atomic mass is 16.5. The maximum atomic E-state index is 12.7. The Morgan fingerprint density at radius 3 is 2.09 bits per heavy atom. The number of carbonyl (C=O) groups excluding carboxylic acids is 2. The number of rotatable bonds is 11. The van der Waals surface area contributed by atoms with Gasteiger partial charge in [-0.2, -0.15) is 0 Å². The molecule has 1 aliphatic rings. The maximum absolute atomic E-state index is 12.7. The van der Waals surface area contributed by atoms with Crippen molar-refractivity contribution in [3.63, 3.8) is 0 Å². The van der Waals surface area contributed by atoms with E-state index in [2.05, 4.69) is 34.9 Å². The second-order valence-electron chi connectivity index (χ2n) is 10.4. The molecule has 188 valence electrons. The fourth-order valence-electron chi connectivity index (χ4n) is 4.65. The van der Waals surface area contributed by atoms with Gasteiger partial charge >= 0.3 is 12.1 Å². The lowest BCUT2D eigenvalue weighted by molar-refractivity contribution is -0.138.